The molecule has 1 atom stereocenters. The molecule has 0 saturated carbocycles. The van der Waals surface area contributed by atoms with Crippen molar-refractivity contribution in [1.29, 1.82) is 0 Å². The third-order valence-corrected chi connectivity index (χ3v) is 4.00. The Hall–Kier alpha value is -2.89. The maximum absolute atomic E-state index is 5.96. The van der Waals surface area contributed by atoms with Crippen molar-refractivity contribution in [1.82, 2.24) is 15.0 Å². The van der Waals surface area contributed by atoms with Gasteiger partial charge in [-0.15, -0.1) is 0 Å². The van der Waals surface area contributed by atoms with Crippen LogP contribution in [0.2, 0.25) is 0 Å². The summed E-state index contributed by atoms with van der Waals surface area (Å²) in [5.74, 6) is 1.42. The predicted molar refractivity (Wildman–Crippen MR) is 101 cm³/mol. The number of nitrogens with zero attached hydrogens (tertiary/aromatic N) is 3. The zero-order valence-electron chi connectivity index (χ0n) is 14.6. The average molecular weight is 337 g/mol. The second-order valence-corrected chi connectivity index (χ2v) is 6.04. The van der Waals surface area contributed by atoms with E-state index >= 15 is 0 Å². The maximum Gasteiger partial charge on any atom is 0.222 e. The van der Waals surface area contributed by atoms with E-state index in [-0.39, 0.29) is 12.0 Å². The molecule has 130 valence electrons. The zero-order valence-corrected chi connectivity index (χ0v) is 14.6. The van der Waals surface area contributed by atoms with Crippen molar-refractivity contribution in [2.24, 2.45) is 0 Å². The molecule has 3 aromatic rings. The number of nitrogen functional groups attached to an aromatic ring is 1. The first kappa shape index (κ1) is 17.0. The van der Waals surface area contributed by atoms with Crippen LogP contribution in [0.3, 0.4) is 0 Å². The van der Waals surface area contributed by atoms with Crippen molar-refractivity contribution < 1.29 is 4.74 Å². The number of benzene rings is 1. The molecule has 3 rings (SSSR count). The largest absolute Gasteiger partial charge is 0.482 e. The van der Waals surface area contributed by atoms with Crippen LogP contribution in [0.1, 0.15) is 32.4 Å². The summed E-state index contributed by atoms with van der Waals surface area (Å²) in [6.07, 6.45) is 5.52. The Morgan fingerprint density at radius 2 is 2.04 bits per heavy atom. The van der Waals surface area contributed by atoms with E-state index in [1.807, 2.05) is 24.3 Å². The molecule has 1 unspecified atom stereocenters. The Morgan fingerprint density at radius 3 is 2.88 bits per heavy atom. The molecular weight excluding hydrogens is 314 g/mol. The molecule has 0 aliphatic carbocycles. The monoisotopic (exact) mass is 337 g/mol. The topological polar surface area (TPSA) is 86.0 Å². The highest BCUT2D eigenvalue weighted by atomic mass is 16.5. The minimum absolute atomic E-state index is 0.224. The molecule has 0 fully saturated rings. The molecule has 0 aliphatic heterocycles. The standard InChI is InChI=1S/C19H23N5O/c1-3-6-13(2)23-18-17(11-22-19(20)24-18)25-12-16-15-8-5-4-7-14(15)9-10-21-16/h4-5,7-11,13H,3,6,12H2,1-2H3,(H3,20,22,23,24). The number of hydrogen-bond donors (Lipinski definition) is 2. The highest BCUT2D eigenvalue weighted by molar-refractivity contribution is 5.84. The van der Waals surface area contributed by atoms with Gasteiger partial charge in [0.15, 0.2) is 11.6 Å². The number of hydrogen-bond acceptors (Lipinski definition) is 6. The minimum Gasteiger partial charge on any atom is -0.482 e. The van der Waals surface area contributed by atoms with Gasteiger partial charge in [-0.05, 0) is 24.8 Å². The fourth-order valence-electron chi connectivity index (χ4n) is 2.78. The molecule has 0 amide bonds. The summed E-state index contributed by atoms with van der Waals surface area (Å²) in [5.41, 5.74) is 6.61. The first-order chi connectivity index (χ1) is 12.2. The average Bonchev–Trinajstić information content (AvgIpc) is 2.61. The third kappa shape index (κ3) is 4.15. The summed E-state index contributed by atoms with van der Waals surface area (Å²) >= 11 is 0. The van der Waals surface area contributed by atoms with Crippen LogP contribution in [-0.2, 0) is 6.61 Å². The molecule has 0 bridgehead atoms. The van der Waals surface area contributed by atoms with Crippen LogP contribution in [0.25, 0.3) is 10.8 Å². The van der Waals surface area contributed by atoms with Gasteiger partial charge in [-0.1, -0.05) is 37.6 Å². The van der Waals surface area contributed by atoms with E-state index in [9.17, 15) is 0 Å². The van der Waals surface area contributed by atoms with Gasteiger partial charge in [-0.3, -0.25) is 4.98 Å². The molecule has 1 aromatic carbocycles. The van der Waals surface area contributed by atoms with Crippen LogP contribution >= 0.6 is 0 Å². The van der Waals surface area contributed by atoms with Crippen LogP contribution in [0.15, 0.2) is 42.7 Å². The first-order valence-corrected chi connectivity index (χ1v) is 8.52. The summed E-state index contributed by atoms with van der Waals surface area (Å²) in [6.45, 7) is 4.60. The summed E-state index contributed by atoms with van der Waals surface area (Å²) in [4.78, 5) is 12.8. The molecular formula is C19H23N5O. The van der Waals surface area contributed by atoms with Gasteiger partial charge in [0, 0.05) is 17.6 Å². The van der Waals surface area contributed by atoms with Crippen LogP contribution in [0.4, 0.5) is 11.8 Å². The lowest BCUT2D eigenvalue weighted by molar-refractivity contribution is 0.302. The Kier molecular flexibility index (Phi) is 5.28. The molecule has 0 aliphatic rings. The lowest BCUT2D eigenvalue weighted by atomic mass is 10.1. The Morgan fingerprint density at radius 1 is 1.20 bits per heavy atom. The summed E-state index contributed by atoms with van der Waals surface area (Å²) in [6, 6.07) is 10.4. The summed E-state index contributed by atoms with van der Waals surface area (Å²) in [5, 5.41) is 5.57. The van der Waals surface area contributed by atoms with Crippen molar-refractivity contribution in [3.63, 3.8) is 0 Å². The fraction of sp³-hybridized carbons (Fsp3) is 0.316. The van der Waals surface area contributed by atoms with Gasteiger partial charge in [-0.2, -0.15) is 4.98 Å². The molecule has 3 N–H and O–H groups in total. The Bertz CT molecular complexity index is 847. The van der Waals surface area contributed by atoms with Crippen molar-refractivity contribution in [3.8, 4) is 5.75 Å². The molecule has 6 heteroatoms. The van der Waals surface area contributed by atoms with Crippen molar-refractivity contribution in [3.05, 3.63) is 48.4 Å². The van der Waals surface area contributed by atoms with Gasteiger partial charge < -0.3 is 15.8 Å². The lowest BCUT2D eigenvalue weighted by Gasteiger charge is -2.17. The molecule has 2 heterocycles. The van der Waals surface area contributed by atoms with E-state index in [1.54, 1.807) is 12.4 Å². The fourth-order valence-corrected chi connectivity index (χ4v) is 2.78. The minimum atomic E-state index is 0.224. The van der Waals surface area contributed by atoms with Crippen LogP contribution < -0.4 is 15.8 Å². The van der Waals surface area contributed by atoms with Gasteiger partial charge >= 0.3 is 0 Å². The SMILES string of the molecule is CCCC(C)Nc1nc(N)ncc1OCc1nccc2ccccc12. The van der Waals surface area contributed by atoms with E-state index < -0.39 is 0 Å². The number of rotatable bonds is 7. The molecule has 0 spiro atoms. The first-order valence-electron chi connectivity index (χ1n) is 8.52. The van der Waals surface area contributed by atoms with Gasteiger partial charge in [0.25, 0.3) is 0 Å². The number of aromatic nitrogens is 3. The second-order valence-electron chi connectivity index (χ2n) is 6.04. The Labute approximate surface area is 147 Å². The number of nitrogens with one attached hydrogen (secondary N) is 1. The highest BCUT2D eigenvalue weighted by Crippen LogP contribution is 2.25. The lowest BCUT2D eigenvalue weighted by Crippen LogP contribution is -2.17. The summed E-state index contributed by atoms with van der Waals surface area (Å²) in [7, 11) is 0. The molecule has 0 saturated heterocycles. The van der Waals surface area contributed by atoms with Crippen molar-refractivity contribution >= 4 is 22.5 Å². The highest BCUT2D eigenvalue weighted by Gasteiger charge is 2.12. The zero-order chi connectivity index (χ0) is 17.6. The number of pyridine rings is 1. The number of ether oxygens (including phenoxy) is 1. The molecule has 2 aromatic heterocycles. The van der Waals surface area contributed by atoms with E-state index in [2.05, 4.69) is 40.2 Å². The van der Waals surface area contributed by atoms with Crippen molar-refractivity contribution in [2.45, 2.75) is 39.3 Å². The van der Waals surface area contributed by atoms with Crippen molar-refractivity contribution in [2.75, 3.05) is 11.1 Å². The van der Waals surface area contributed by atoms with E-state index in [1.165, 1.54) is 0 Å². The number of anilines is 2. The van der Waals surface area contributed by atoms with Gasteiger partial charge in [-0.25, -0.2) is 4.98 Å². The van der Waals surface area contributed by atoms with Crippen LogP contribution in [-0.4, -0.2) is 21.0 Å². The van der Waals surface area contributed by atoms with Crippen LogP contribution in [0, 0.1) is 0 Å². The number of fused-ring (bicyclic) bond motifs is 1. The quantitative estimate of drug-likeness (QED) is 0.682. The smallest absolute Gasteiger partial charge is 0.222 e. The van der Waals surface area contributed by atoms with Gasteiger partial charge in [0.1, 0.15) is 6.61 Å². The van der Waals surface area contributed by atoms with Gasteiger partial charge in [0.05, 0.1) is 11.9 Å². The van der Waals surface area contributed by atoms with Gasteiger partial charge in [0.2, 0.25) is 5.95 Å². The van der Waals surface area contributed by atoms with E-state index in [0.29, 0.717) is 18.2 Å². The van der Waals surface area contributed by atoms with Crippen LogP contribution in [0.5, 0.6) is 5.75 Å². The Balaban J connectivity index is 1.80. The van der Waals surface area contributed by atoms with E-state index in [4.69, 9.17) is 10.5 Å². The number of nitrogens with two attached hydrogens (primary N) is 1. The molecule has 25 heavy (non-hydrogen) atoms. The molecule has 0 radical (unpaired) electrons. The second kappa shape index (κ2) is 7.79. The predicted octanol–water partition coefficient (Wildman–Crippen LogP) is 3.79. The molecule has 6 nitrogen and oxygen atoms in total. The van der Waals surface area contributed by atoms with E-state index in [0.717, 1.165) is 29.3 Å². The summed E-state index contributed by atoms with van der Waals surface area (Å²) < 4.78 is 5.96. The maximum atomic E-state index is 5.96. The normalized spacial score (nSPS) is 12.1. The third-order valence-electron chi connectivity index (χ3n) is 4.00.